The summed E-state index contributed by atoms with van der Waals surface area (Å²) >= 11 is 0. The van der Waals surface area contributed by atoms with Gasteiger partial charge in [0, 0.05) is 57.0 Å². The van der Waals surface area contributed by atoms with Crippen LogP contribution in [-0.2, 0) is 6.54 Å². The third-order valence-electron chi connectivity index (χ3n) is 7.39. The number of nitrogens with one attached hydrogen (secondary N) is 2. The Balaban J connectivity index is 1.22. The second kappa shape index (κ2) is 12.2. The lowest BCUT2D eigenvalue weighted by Crippen LogP contribution is -2.38. The average Bonchev–Trinajstić information content (AvgIpc) is 3.41. The maximum atomic E-state index is 9.05. The molecule has 0 saturated carbocycles. The normalized spacial score (nSPS) is 14.5. The summed E-state index contributed by atoms with van der Waals surface area (Å²) in [6.45, 7) is 4.66. The average molecular weight is 574 g/mol. The van der Waals surface area contributed by atoms with Crippen LogP contribution < -0.4 is 16.5 Å². The van der Waals surface area contributed by atoms with E-state index >= 15 is 0 Å². The molecule has 6 rings (SSSR count). The minimum absolute atomic E-state index is 0.177. The van der Waals surface area contributed by atoms with Crippen LogP contribution >= 0.6 is 0 Å². The molecular formula is C30H31N13. The number of hydrogen-bond donors (Lipinski definition) is 3. The van der Waals surface area contributed by atoms with Crippen LogP contribution in [0.4, 0.5) is 11.6 Å². The number of fused-ring (bicyclic) bond motifs is 1. The summed E-state index contributed by atoms with van der Waals surface area (Å²) < 4.78 is 1.97. The number of rotatable bonds is 8. The fourth-order valence-electron chi connectivity index (χ4n) is 5.25. The lowest BCUT2D eigenvalue weighted by Gasteiger charge is -2.32. The third-order valence-corrected chi connectivity index (χ3v) is 7.39. The molecule has 0 amide bonds. The highest BCUT2D eigenvalue weighted by atomic mass is 15.3. The van der Waals surface area contributed by atoms with Crippen LogP contribution in [-0.4, -0.2) is 71.3 Å². The molecule has 1 aromatic carbocycles. The van der Waals surface area contributed by atoms with Gasteiger partial charge in [-0.05, 0) is 55.7 Å². The van der Waals surface area contributed by atoms with E-state index in [1.807, 2.05) is 29.7 Å². The number of anilines is 2. The Morgan fingerprint density at radius 2 is 1.79 bits per heavy atom. The quantitative estimate of drug-likeness (QED) is 0.184. The summed E-state index contributed by atoms with van der Waals surface area (Å²) in [6.07, 6.45) is 6.75. The molecule has 1 aliphatic rings. The molecule has 13 nitrogen and oxygen atoms in total. The van der Waals surface area contributed by atoms with Crippen molar-refractivity contribution < 1.29 is 0 Å². The first-order valence-electron chi connectivity index (χ1n) is 14.0. The van der Waals surface area contributed by atoms with Crippen LogP contribution in [0.2, 0.25) is 0 Å². The van der Waals surface area contributed by atoms with Crippen molar-refractivity contribution in [2.24, 2.45) is 5.10 Å². The highest BCUT2D eigenvalue weighted by Crippen LogP contribution is 2.29. The predicted octanol–water partition coefficient (Wildman–Crippen LogP) is 3.14. The number of aromatic nitrogens is 7. The molecule has 0 radical (unpaired) electrons. The minimum atomic E-state index is 0.177. The van der Waals surface area contributed by atoms with Gasteiger partial charge in [0.15, 0.2) is 17.3 Å². The van der Waals surface area contributed by atoms with E-state index in [0.717, 1.165) is 49.6 Å². The Morgan fingerprint density at radius 3 is 2.53 bits per heavy atom. The number of piperidine rings is 1. The van der Waals surface area contributed by atoms with Crippen molar-refractivity contribution >= 4 is 28.5 Å². The highest BCUT2D eigenvalue weighted by Gasteiger charge is 2.22. The lowest BCUT2D eigenvalue weighted by atomic mass is 10.0. The number of imidazole rings is 1. The molecular weight excluding hydrogens is 542 g/mol. The van der Waals surface area contributed by atoms with Gasteiger partial charge in [-0.1, -0.05) is 12.1 Å². The Morgan fingerprint density at radius 1 is 1.00 bits per heavy atom. The minimum Gasteiger partial charge on any atom is -0.382 e. The fraction of sp³-hybridized carbons (Fsp3) is 0.267. The third kappa shape index (κ3) is 5.95. The van der Waals surface area contributed by atoms with Crippen LogP contribution in [0.1, 0.15) is 36.8 Å². The molecule has 4 N–H and O–H groups in total. The second-order valence-corrected chi connectivity index (χ2v) is 10.3. The number of nitrogens with two attached hydrogens (primary N) is 1. The highest BCUT2D eigenvalue weighted by molar-refractivity contribution is 5.98. The van der Waals surface area contributed by atoms with Crippen LogP contribution in [0.3, 0.4) is 0 Å². The molecule has 1 saturated heterocycles. The van der Waals surface area contributed by atoms with E-state index in [-0.39, 0.29) is 5.82 Å². The van der Waals surface area contributed by atoms with E-state index in [1.165, 1.54) is 5.56 Å². The Kier molecular flexibility index (Phi) is 7.84. The number of nitrogen functional groups attached to an aromatic ring is 1. The predicted molar refractivity (Wildman–Crippen MR) is 164 cm³/mol. The SMILES string of the molecule is CN/N=C(\C)c1ccc2nc(-c3nccnc3N)n(-c3ccc(CN4CCC(Nc5ccnc(C#N)n5)CC4)cc3)c2n1. The topological polar surface area (TPSA) is 172 Å². The number of nitriles is 1. The molecule has 43 heavy (non-hydrogen) atoms. The van der Waals surface area contributed by atoms with Gasteiger partial charge in [-0.25, -0.2) is 29.9 Å². The number of pyridine rings is 1. The van der Waals surface area contributed by atoms with Crippen molar-refractivity contribution in [3.8, 4) is 23.3 Å². The summed E-state index contributed by atoms with van der Waals surface area (Å²) in [5, 5.41) is 16.8. The van der Waals surface area contributed by atoms with E-state index in [0.29, 0.717) is 40.4 Å². The monoisotopic (exact) mass is 573 g/mol. The molecule has 0 unspecified atom stereocenters. The molecule has 13 heteroatoms. The first-order chi connectivity index (χ1) is 21.0. The van der Waals surface area contributed by atoms with Crippen molar-refractivity contribution in [3.63, 3.8) is 0 Å². The molecule has 0 bridgehead atoms. The van der Waals surface area contributed by atoms with Crippen molar-refractivity contribution in [2.45, 2.75) is 32.4 Å². The van der Waals surface area contributed by atoms with Crippen molar-refractivity contribution in [1.29, 1.82) is 5.26 Å². The van der Waals surface area contributed by atoms with Gasteiger partial charge in [0.25, 0.3) is 0 Å². The molecule has 1 aliphatic heterocycles. The number of hydrogen-bond acceptors (Lipinski definition) is 12. The molecule has 0 aliphatic carbocycles. The Bertz CT molecular complexity index is 1810. The van der Waals surface area contributed by atoms with Crippen LogP contribution in [0, 0.1) is 11.3 Å². The summed E-state index contributed by atoms with van der Waals surface area (Å²) in [5.74, 6) is 1.74. The number of benzene rings is 1. The summed E-state index contributed by atoms with van der Waals surface area (Å²) in [4.78, 5) is 29.1. The van der Waals surface area contributed by atoms with Crippen molar-refractivity contribution in [2.75, 3.05) is 31.2 Å². The zero-order valence-corrected chi connectivity index (χ0v) is 23.9. The summed E-state index contributed by atoms with van der Waals surface area (Å²) in [7, 11) is 1.76. The van der Waals surface area contributed by atoms with Gasteiger partial charge < -0.3 is 16.5 Å². The standard InChI is InChI=1S/C30H31N13/c1-19(41-33-2)23-7-8-24-29(38-23)43(30(39-24)27-28(32)36-14-13-35-27)22-5-3-20(4-6-22)18-42-15-10-21(11-16-42)37-25-9-12-34-26(17-31)40-25/h3-9,12-14,21,33H,10-11,15-16,18H2,1-2H3,(H2,32,36)(H,34,37,40)/b41-19+. The number of nitrogens with zero attached hydrogens (tertiary/aromatic N) is 10. The van der Waals surface area contributed by atoms with Gasteiger partial charge in [0.05, 0.1) is 11.4 Å². The Hall–Kier alpha value is -5.48. The zero-order valence-electron chi connectivity index (χ0n) is 23.9. The molecule has 5 aromatic rings. The maximum Gasteiger partial charge on any atom is 0.234 e. The first-order valence-corrected chi connectivity index (χ1v) is 14.0. The summed E-state index contributed by atoms with van der Waals surface area (Å²) in [6, 6.07) is 16.3. The van der Waals surface area contributed by atoms with Crippen molar-refractivity contribution in [1.82, 2.24) is 44.8 Å². The maximum absolute atomic E-state index is 9.05. The zero-order chi connectivity index (χ0) is 29.8. The smallest absolute Gasteiger partial charge is 0.234 e. The Labute approximate surface area is 248 Å². The van der Waals surface area contributed by atoms with E-state index in [2.05, 4.69) is 64.9 Å². The van der Waals surface area contributed by atoms with Gasteiger partial charge in [-0.2, -0.15) is 10.4 Å². The van der Waals surface area contributed by atoms with Crippen LogP contribution in [0.15, 0.2) is 66.2 Å². The van der Waals surface area contributed by atoms with E-state index in [4.69, 9.17) is 21.0 Å². The van der Waals surface area contributed by atoms with E-state index < -0.39 is 0 Å². The number of hydrazone groups is 1. The number of likely N-dealkylation sites (tertiary alicyclic amines) is 1. The molecule has 0 spiro atoms. The molecule has 1 fully saturated rings. The fourth-order valence-corrected chi connectivity index (χ4v) is 5.25. The largest absolute Gasteiger partial charge is 0.382 e. The molecule has 5 heterocycles. The molecule has 0 atom stereocenters. The lowest BCUT2D eigenvalue weighted by molar-refractivity contribution is 0.211. The first kappa shape index (κ1) is 27.7. The van der Waals surface area contributed by atoms with Gasteiger partial charge in [-0.3, -0.25) is 9.47 Å². The van der Waals surface area contributed by atoms with Gasteiger partial charge in [-0.15, -0.1) is 0 Å². The second-order valence-electron chi connectivity index (χ2n) is 10.3. The van der Waals surface area contributed by atoms with Gasteiger partial charge in [0.2, 0.25) is 5.82 Å². The molecule has 216 valence electrons. The van der Waals surface area contributed by atoms with E-state index in [9.17, 15) is 0 Å². The van der Waals surface area contributed by atoms with Gasteiger partial charge in [0.1, 0.15) is 23.1 Å². The molecule has 4 aromatic heterocycles. The van der Waals surface area contributed by atoms with Crippen molar-refractivity contribution in [3.05, 3.63) is 78.1 Å². The van der Waals surface area contributed by atoms with E-state index in [1.54, 1.807) is 31.7 Å². The summed E-state index contributed by atoms with van der Waals surface area (Å²) in [5.41, 5.74) is 14.5. The van der Waals surface area contributed by atoms with Gasteiger partial charge >= 0.3 is 0 Å². The van der Waals surface area contributed by atoms with Crippen LogP contribution in [0.5, 0.6) is 0 Å². The van der Waals surface area contributed by atoms with Crippen LogP contribution in [0.25, 0.3) is 28.4 Å².